The maximum atomic E-state index is 5.56. The molecule has 1 aliphatic rings. The van der Waals surface area contributed by atoms with Gasteiger partial charge in [-0.05, 0) is 26.3 Å². The van der Waals surface area contributed by atoms with Gasteiger partial charge in [-0.15, -0.1) is 0 Å². The van der Waals surface area contributed by atoms with Gasteiger partial charge in [-0.25, -0.2) is 0 Å². The molecule has 2 heterocycles. The molecule has 96 valence electrons. The summed E-state index contributed by atoms with van der Waals surface area (Å²) in [5.41, 5.74) is 0. The predicted molar refractivity (Wildman–Crippen MR) is 63.8 cm³/mol. The Morgan fingerprint density at radius 3 is 3.06 bits per heavy atom. The highest BCUT2D eigenvalue weighted by Crippen LogP contribution is 2.16. The van der Waals surface area contributed by atoms with Crippen LogP contribution >= 0.6 is 0 Å². The summed E-state index contributed by atoms with van der Waals surface area (Å²) in [6, 6.07) is 0.408. The Bertz CT molecular complexity index is 312. The Labute approximate surface area is 102 Å². The van der Waals surface area contributed by atoms with Crippen LogP contribution in [0, 0.1) is 0 Å². The molecule has 2 atom stereocenters. The number of ether oxygens (including phenoxy) is 1. The average Bonchev–Trinajstić information content (AvgIpc) is 2.98. The van der Waals surface area contributed by atoms with Crippen LogP contribution < -0.4 is 5.32 Å². The minimum absolute atomic E-state index is 0.284. The second-order valence-corrected chi connectivity index (χ2v) is 4.54. The zero-order valence-corrected chi connectivity index (χ0v) is 10.6. The van der Waals surface area contributed by atoms with Crippen molar-refractivity contribution in [2.75, 3.05) is 13.7 Å². The number of hydrogen-bond donors (Lipinski definition) is 1. The summed E-state index contributed by atoms with van der Waals surface area (Å²) in [7, 11) is 1.96. The van der Waals surface area contributed by atoms with Crippen molar-refractivity contribution in [1.29, 1.82) is 0 Å². The molecule has 1 aromatic heterocycles. The van der Waals surface area contributed by atoms with Crippen LogP contribution in [0.2, 0.25) is 0 Å². The monoisotopic (exact) mass is 239 g/mol. The summed E-state index contributed by atoms with van der Waals surface area (Å²) in [4.78, 5) is 4.41. The quantitative estimate of drug-likeness (QED) is 0.811. The van der Waals surface area contributed by atoms with Crippen molar-refractivity contribution in [1.82, 2.24) is 15.5 Å². The van der Waals surface area contributed by atoms with Gasteiger partial charge in [0, 0.05) is 25.5 Å². The number of nitrogens with zero attached hydrogens (tertiary/aromatic N) is 2. The van der Waals surface area contributed by atoms with Crippen LogP contribution in [0.4, 0.5) is 0 Å². The van der Waals surface area contributed by atoms with E-state index < -0.39 is 0 Å². The second kappa shape index (κ2) is 6.12. The maximum absolute atomic E-state index is 5.56. The Balaban J connectivity index is 1.86. The van der Waals surface area contributed by atoms with Crippen LogP contribution in [0.5, 0.6) is 0 Å². The van der Waals surface area contributed by atoms with Gasteiger partial charge in [-0.1, -0.05) is 12.1 Å². The van der Waals surface area contributed by atoms with Crippen LogP contribution in [-0.4, -0.2) is 35.9 Å². The molecule has 1 fully saturated rings. The van der Waals surface area contributed by atoms with Gasteiger partial charge in [0.15, 0.2) is 5.82 Å². The molecule has 0 aromatic carbocycles. The lowest BCUT2D eigenvalue weighted by atomic mass is 10.1. The highest BCUT2D eigenvalue weighted by molar-refractivity contribution is 4.91. The molecule has 1 aliphatic heterocycles. The molecule has 2 unspecified atom stereocenters. The largest absolute Gasteiger partial charge is 0.378 e. The molecule has 0 spiro atoms. The molecule has 0 aliphatic carbocycles. The van der Waals surface area contributed by atoms with E-state index in [-0.39, 0.29) is 6.10 Å². The molecule has 1 saturated heterocycles. The topological polar surface area (TPSA) is 60.2 Å². The fourth-order valence-corrected chi connectivity index (χ4v) is 2.13. The SMILES string of the molecule is CCC(Cc1nc(CC2CCCO2)no1)NC. The van der Waals surface area contributed by atoms with E-state index in [9.17, 15) is 0 Å². The van der Waals surface area contributed by atoms with Gasteiger partial charge in [-0.2, -0.15) is 4.98 Å². The lowest BCUT2D eigenvalue weighted by Crippen LogP contribution is -2.26. The van der Waals surface area contributed by atoms with Gasteiger partial charge >= 0.3 is 0 Å². The fraction of sp³-hybridized carbons (Fsp3) is 0.833. The van der Waals surface area contributed by atoms with Crippen molar-refractivity contribution < 1.29 is 9.26 Å². The summed E-state index contributed by atoms with van der Waals surface area (Å²) >= 11 is 0. The Kier molecular flexibility index (Phi) is 4.50. The van der Waals surface area contributed by atoms with Crippen molar-refractivity contribution in [3.05, 3.63) is 11.7 Å². The summed E-state index contributed by atoms with van der Waals surface area (Å²) < 4.78 is 10.8. The molecule has 1 aromatic rings. The molecule has 0 bridgehead atoms. The lowest BCUT2D eigenvalue weighted by molar-refractivity contribution is 0.109. The number of likely N-dealkylation sites (N-methyl/N-ethyl adjacent to an activating group) is 1. The van der Waals surface area contributed by atoms with E-state index in [1.54, 1.807) is 0 Å². The standard InChI is InChI=1S/C12H21N3O2/c1-3-9(13-2)7-12-14-11(15-17-12)8-10-5-4-6-16-10/h9-10,13H,3-8H2,1-2H3. The Morgan fingerprint density at radius 1 is 1.53 bits per heavy atom. The predicted octanol–water partition coefficient (Wildman–Crippen LogP) is 1.33. The van der Waals surface area contributed by atoms with Gasteiger partial charge in [-0.3, -0.25) is 0 Å². The van der Waals surface area contributed by atoms with Crippen molar-refractivity contribution in [3.63, 3.8) is 0 Å². The van der Waals surface area contributed by atoms with Crippen LogP contribution in [0.3, 0.4) is 0 Å². The molecule has 2 rings (SSSR count). The van der Waals surface area contributed by atoms with Crippen molar-refractivity contribution in [2.45, 2.75) is 51.2 Å². The van der Waals surface area contributed by atoms with E-state index in [0.717, 1.165) is 50.4 Å². The number of hydrogen-bond acceptors (Lipinski definition) is 5. The first-order chi connectivity index (χ1) is 8.31. The second-order valence-electron chi connectivity index (χ2n) is 4.54. The summed E-state index contributed by atoms with van der Waals surface area (Å²) in [6.45, 7) is 3.01. The Morgan fingerprint density at radius 2 is 2.41 bits per heavy atom. The molecule has 5 heteroatoms. The van der Waals surface area contributed by atoms with Crippen LogP contribution in [0.1, 0.15) is 37.9 Å². The minimum Gasteiger partial charge on any atom is -0.378 e. The Hall–Kier alpha value is -0.940. The van der Waals surface area contributed by atoms with E-state index in [1.807, 2.05) is 7.05 Å². The third kappa shape index (κ3) is 3.51. The first-order valence-electron chi connectivity index (χ1n) is 6.42. The highest BCUT2D eigenvalue weighted by Gasteiger charge is 2.19. The molecule has 0 saturated carbocycles. The third-order valence-electron chi connectivity index (χ3n) is 3.27. The molecular formula is C12H21N3O2. The third-order valence-corrected chi connectivity index (χ3v) is 3.27. The molecule has 17 heavy (non-hydrogen) atoms. The molecule has 0 amide bonds. The van der Waals surface area contributed by atoms with Gasteiger partial charge in [0.05, 0.1) is 6.10 Å². The fourth-order valence-electron chi connectivity index (χ4n) is 2.13. The van der Waals surface area contributed by atoms with Gasteiger partial charge < -0.3 is 14.6 Å². The normalized spacial score (nSPS) is 21.9. The number of rotatable bonds is 6. The van der Waals surface area contributed by atoms with Gasteiger partial charge in [0.25, 0.3) is 0 Å². The molecule has 0 radical (unpaired) electrons. The van der Waals surface area contributed by atoms with Crippen molar-refractivity contribution >= 4 is 0 Å². The van der Waals surface area contributed by atoms with E-state index in [1.165, 1.54) is 0 Å². The van der Waals surface area contributed by atoms with E-state index in [2.05, 4.69) is 22.4 Å². The molecular weight excluding hydrogens is 218 g/mol. The van der Waals surface area contributed by atoms with Crippen LogP contribution in [-0.2, 0) is 17.6 Å². The first-order valence-corrected chi connectivity index (χ1v) is 6.42. The number of aromatic nitrogens is 2. The van der Waals surface area contributed by atoms with Crippen LogP contribution in [0.15, 0.2) is 4.52 Å². The van der Waals surface area contributed by atoms with Gasteiger partial charge in [0.2, 0.25) is 5.89 Å². The smallest absolute Gasteiger partial charge is 0.228 e. The summed E-state index contributed by atoms with van der Waals surface area (Å²) in [5, 5.41) is 7.24. The van der Waals surface area contributed by atoms with E-state index in [4.69, 9.17) is 9.26 Å². The van der Waals surface area contributed by atoms with Crippen LogP contribution in [0.25, 0.3) is 0 Å². The maximum Gasteiger partial charge on any atom is 0.228 e. The zero-order valence-electron chi connectivity index (χ0n) is 10.6. The highest BCUT2D eigenvalue weighted by atomic mass is 16.5. The minimum atomic E-state index is 0.284. The molecule has 1 N–H and O–H groups in total. The lowest BCUT2D eigenvalue weighted by Gasteiger charge is -2.09. The summed E-state index contributed by atoms with van der Waals surface area (Å²) in [5.74, 6) is 1.50. The zero-order chi connectivity index (χ0) is 12.1. The average molecular weight is 239 g/mol. The van der Waals surface area contributed by atoms with E-state index in [0.29, 0.717) is 6.04 Å². The summed E-state index contributed by atoms with van der Waals surface area (Å²) in [6.07, 6.45) is 5.17. The number of nitrogens with one attached hydrogen (secondary N) is 1. The molecule has 5 nitrogen and oxygen atoms in total. The van der Waals surface area contributed by atoms with E-state index >= 15 is 0 Å². The van der Waals surface area contributed by atoms with Crippen molar-refractivity contribution in [2.24, 2.45) is 0 Å². The van der Waals surface area contributed by atoms with Gasteiger partial charge in [0.1, 0.15) is 0 Å². The van der Waals surface area contributed by atoms with Crippen molar-refractivity contribution in [3.8, 4) is 0 Å². The first kappa shape index (κ1) is 12.5.